The number of aromatic nitrogens is 2. The van der Waals surface area contributed by atoms with Crippen molar-refractivity contribution in [1.29, 1.82) is 0 Å². The molecule has 1 amide bonds. The van der Waals surface area contributed by atoms with Crippen LogP contribution in [0.1, 0.15) is 5.69 Å². The third kappa shape index (κ3) is 4.05. The number of hydrogen-bond donors (Lipinski definition) is 2. The van der Waals surface area contributed by atoms with Gasteiger partial charge in [-0.2, -0.15) is 0 Å². The Kier molecular flexibility index (Phi) is 3.96. The molecule has 0 aliphatic carbocycles. The summed E-state index contributed by atoms with van der Waals surface area (Å²) in [5.41, 5.74) is 0.595. The van der Waals surface area contributed by atoms with Crippen LogP contribution in [0.25, 0.3) is 0 Å². The van der Waals surface area contributed by atoms with Gasteiger partial charge < -0.3 is 5.11 Å². The molecule has 0 bridgehead atoms. The van der Waals surface area contributed by atoms with E-state index in [1.165, 1.54) is 6.07 Å². The Morgan fingerprint density at radius 2 is 2.12 bits per heavy atom. The first kappa shape index (κ1) is 12.1. The van der Waals surface area contributed by atoms with Crippen molar-refractivity contribution in [3.8, 4) is 0 Å². The highest BCUT2D eigenvalue weighted by molar-refractivity contribution is 6.29. The summed E-state index contributed by atoms with van der Waals surface area (Å²) >= 11 is 5.65. The Hall–Kier alpha value is -1.95. The third-order valence-corrected chi connectivity index (χ3v) is 1.63. The quantitative estimate of drug-likeness (QED) is 0.609. The number of nitrogens with one attached hydrogen (secondary N) is 1. The van der Waals surface area contributed by atoms with Gasteiger partial charge in [-0.25, -0.2) is 14.8 Å². The van der Waals surface area contributed by atoms with E-state index in [0.29, 0.717) is 11.8 Å². The van der Waals surface area contributed by atoms with Gasteiger partial charge in [-0.3, -0.25) is 10.1 Å². The molecule has 0 aromatic carbocycles. The SMILES string of the molecule is Cc1cc(Cl)nc(NC(=O)/C=C/C(=O)O)n1. The third-order valence-electron chi connectivity index (χ3n) is 1.44. The standard InChI is InChI=1S/C9H8ClN3O3/c1-5-4-6(10)12-9(11-5)13-7(14)2-3-8(15)16/h2-4H,1H3,(H,15,16)(H,11,12,13,14)/b3-2+. The number of carbonyl (C=O) groups is 2. The number of nitrogens with zero attached hydrogens (tertiary/aromatic N) is 2. The van der Waals surface area contributed by atoms with Crippen LogP contribution in [0.4, 0.5) is 5.95 Å². The molecular formula is C9H8ClN3O3. The molecule has 0 fully saturated rings. The van der Waals surface area contributed by atoms with Crippen LogP contribution in [0.2, 0.25) is 5.15 Å². The van der Waals surface area contributed by atoms with Gasteiger partial charge in [0, 0.05) is 17.8 Å². The summed E-state index contributed by atoms with van der Waals surface area (Å²) in [7, 11) is 0. The summed E-state index contributed by atoms with van der Waals surface area (Å²) in [5.74, 6) is -1.81. The molecule has 0 radical (unpaired) electrons. The van der Waals surface area contributed by atoms with Crippen LogP contribution in [0, 0.1) is 6.92 Å². The van der Waals surface area contributed by atoms with Crippen molar-refractivity contribution in [3.63, 3.8) is 0 Å². The zero-order valence-electron chi connectivity index (χ0n) is 8.27. The predicted molar refractivity (Wildman–Crippen MR) is 57.2 cm³/mol. The maximum Gasteiger partial charge on any atom is 0.328 e. The second-order valence-electron chi connectivity index (χ2n) is 2.82. The Labute approximate surface area is 96.0 Å². The molecule has 84 valence electrons. The van der Waals surface area contributed by atoms with Gasteiger partial charge in [0.15, 0.2) is 0 Å². The first-order valence-corrected chi connectivity index (χ1v) is 4.58. The Balaban J connectivity index is 2.73. The van der Waals surface area contributed by atoms with Crippen molar-refractivity contribution in [3.05, 3.63) is 29.1 Å². The molecule has 0 atom stereocenters. The van der Waals surface area contributed by atoms with E-state index >= 15 is 0 Å². The number of amides is 1. The van der Waals surface area contributed by atoms with E-state index in [0.717, 1.165) is 6.08 Å². The highest BCUT2D eigenvalue weighted by Gasteiger charge is 2.03. The number of anilines is 1. The predicted octanol–water partition coefficient (Wildman–Crippen LogP) is 1.02. The molecule has 0 unspecified atom stereocenters. The lowest BCUT2D eigenvalue weighted by Crippen LogP contribution is -2.12. The molecule has 1 rings (SSSR count). The second-order valence-corrected chi connectivity index (χ2v) is 3.20. The van der Waals surface area contributed by atoms with Gasteiger partial charge in [0.25, 0.3) is 5.91 Å². The van der Waals surface area contributed by atoms with Crippen molar-refractivity contribution < 1.29 is 14.7 Å². The van der Waals surface area contributed by atoms with Crippen LogP contribution < -0.4 is 5.32 Å². The van der Waals surface area contributed by atoms with Crippen molar-refractivity contribution in [2.24, 2.45) is 0 Å². The summed E-state index contributed by atoms with van der Waals surface area (Å²) in [4.78, 5) is 28.9. The zero-order chi connectivity index (χ0) is 12.1. The summed E-state index contributed by atoms with van der Waals surface area (Å²) in [6.45, 7) is 1.69. The lowest BCUT2D eigenvalue weighted by molar-refractivity contribution is -0.131. The molecule has 0 aliphatic heterocycles. The average Bonchev–Trinajstić information content (AvgIpc) is 2.12. The van der Waals surface area contributed by atoms with E-state index in [4.69, 9.17) is 16.7 Å². The monoisotopic (exact) mass is 241 g/mol. The topological polar surface area (TPSA) is 92.2 Å². The number of aliphatic carboxylic acids is 1. The number of carbonyl (C=O) groups excluding carboxylic acids is 1. The number of aryl methyl sites for hydroxylation is 1. The molecule has 0 saturated carbocycles. The van der Waals surface area contributed by atoms with E-state index in [2.05, 4.69) is 15.3 Å². The number of rotatable bonds is 3. The maximum atomic E-state index is 11.2. The first-order valence-electron chi connectivity index (χ1n) is 4.20. The number of carboxylic acid groups (broad SMARTS) is 1. The van der Waals surface area contributed by atoms with Gasteiger partial charge >= 0.3 is 5.97 Å². The molecule has 6 nitrogen and oxygen atoms in total. The van der Waals surface area contributed by atoms with Crippen molar-refractivity contribution in [1.82, 2.24) is 9.97 Å². The van der Waals surface area contributed by atoms with Crippen LogP contribution in [0.5, 0.6) is 0 Å². The maximum absolute atomic E-state index is 11.2. The van der Waals surface area contributed by atoms with E-state index in [9.17, 15) is 9.59 Å². The Morgan fingerprint density at radius 1 is 1.44 bits per heavy atom. The highest BCUT2D eigenvalue weighted by atomic mass is 35.5. The second kappa shape index (κ2) is 5.22. The molecule has 0 saturated heterocycles. The normalized spacial score (nSPS) is 10.4. The minimum Gasteiger partial charge on any atom is -0.478 e. The molecule has 1 aromatic heterocycles. The van der Waals surface area contributed by atoms with Crippen molar-refractivity contribution in [2.45, 2.75) is 6.92 Å². The first-order chi connectivity index (χ1) is 7.47. The van der Waals surface area contributed by atoms with E-state index in [1.54, 1.807) is 6.92 Å². The molecule has 7 heteroatoms. The molecule has 2 N–H and O–H groups in total. The molecule has 0 spiro atoms. The van der Waals surface area contributed by atoms with E-state index in [-0.39, 0.29) is 11.1 Å². The molecule has 0 aliphatic rings. The summed E-state index contributed by atoms with van der Waals surface area (Å²) in [6.07, 6.45) is 1.58. The van der Waals surface area contributed by atoms with Gasteiger partial charge in [0.05, 0.1) is 0 Å². The summed E-state index contributed by atoms with van der Waals surface area (Å²) in [6, 6.07) is 1.53. The molecule has 1 aromatic rings. The van der Waals surface area contributed by atoms with Gasteiger partial charge in [0.2, 0.25) is 5.95 Å². The summed E-state index contributed by atoms with van der Waals surface area (Å²) in [5, 5.41) is 10.8. The van der Waals surface area contributed by atoms with Gasteiger partial charge in [-0.1, -0.05) is 11.6 Å². The lowest BCUT2D eigenvalue weighted by Gasteiger charge is -2.01. The summed E-state index contributed by atoms with van der Waals surface area (Å²) < 4.78 is 0. The fourth-order valence-electron chi connectivity index (χ4n) is 0.885. The number of hydrogen-bond acceptors (Lipinski definition) is 4. The number of halogens is 1. The van der Waals surface area contributed by atoms with Gasteiger partial charge in [-0.15, -0.1) is 0 Å². The van der Waals surface area contributed by atoms with Crippen LogP contribution >= 0.6 is 11.6 Å². The van der Waals surface area contributed by atoms with Crippen molar-refractivity contribution in [2.75, 3.05) is 5.32 Å². The minimum absolute atomic E-state index is 0.0324. The highest BCUT2D eigenvalue weighted by Crippen LogP contribution is 2.09. The lowest BCUT2D eigenvalue weighted by atomic mass is 10.4. The molecule has 1 heterocycles. The van der Waals surface area contributed by atoms with E-state index in [1.807, 2.05) is 0 Å². The molecular weight excluding hydrogens is 234 g/mol. The van der Waals surface area contributed by atoms with Crippen LogP contribution in [0.15, 0.2) is 18.2 Å². The zero-order valence-corrected chi connectivity index (χ0v) is 9.02. The van der Waals surface area contributed by atoms with Crippen molar-refractivity contribution >= 4 is 29.4 Å². The Morgan fingerprint density at radius 3 is 2.69 bits per heavy atom. The fraction of sp³-hybridized carbons (Fsp3) is 0.111. The Bertz CT molecular complexity index is 439. The van der Waals surface area contributed by atoms with E-state index < -0.39 is 11.9 Å². The van der Waals surface area contributed by atoms with Crippen LogP contribution in [-0.4, -0.2) is 27.0 Å². The number of carboxylic acids is 1. The smallest absolute Gasteiger partial charge is 0.328 e. The largest absolute Gasteiger partial charge is 0.478 e. The van der Waals surface area contributed by atoms with Crippen LogP contribution in [0.3, 0.4) is 0 Å². The molecule has 16 heavy (non-hydrogen) atoms. The van der Waals surface area contributed by atoms with Gasteiger partial charge in [-0.05, 0) is 13.0 Å². The fourth-order valence-corrected chi connectivity index (χ4v) is 1.12. The average molecular weight is 242 g/mol. The minimum atomic E-state index is -1.21. The van der Waals surface area contributed by atoms with Gasteiger partial charge in [0.1, 0.15) is 5.15 Å². The van der Waals surface area contributed by atoms with Crippen LogP contribution in [-0.2, 0) is 9.59 Å².